The second-order valence-electron chi connectivity index (χ2n) is 7.69. The minimum absolute atomic E-state index is 0.140. The summed E-state index contributed by atoms with van der Waals surface area (Å²) in [5.74, 6) is -1.78. The lowest BCUT2D eigenvalue weighted by Crippen LogP contribution is -2.45. The van der Waals surface area contributed by atoms with Gasteiger partial charge in [0.15, 0.2) is 0 Å². The molecule has 7 nitrogen and oxygen atoms in total. The molecule has 1 aliphatic carbocycles. The molecule has 1 aromatic heterocycles. The summed E-state index contributed by atoms with van der Waals surface area (Å²) < 4.78 is 34.1. The van der Waals surface area contributed by atoms with E-state index < -0.39 is 17.7 Å². The number of methoxy groups -OCH3 is 1. The lowest BCUT2D eigenvalue weighted by atomic mass is 10.3. The molecule has 1 aromatic carbocycles. The van der Waals surface area contributed by atoms with Gasteiger partial charge in [-0.3, -0.25) is 4.79 Å². The van der Waals surface area contributed by atoms with Crippen molar-refractivity contribution in [1.82, 2.24) is 14.4 Å². The van der Waals surface area contributed by atoms with E-state index in [2.05, 4.69) is 5.32 Å². The van der Waals surface area contributed by atoms with Crippen LogP contribution in [0, 0.1) is 11.6 Å². The van der Waals surface area contributed by atoms with E-state index in [9.17, 15) is 18.4 Å². The Balaban J connectivity index is 1.70. The molecule has 0 aliphatic heterocycles. The molecule has 0 unspecified atom stereocenters. The first-order chi connectivity index (χ1) is 14.9. The van der Waals surface area contributed by atoms with Crippen molar-refractivity contribution in [2.45, 2.75) is 31.8 Å². The average Bonchev–Trinajstić information content (AvgIpc) is 3.49. The first-order valence-corrected chi connectivity index (χ1v) is 10.3. The maximum absolute atomic E-state index is 14.0. The van der Waals surface area contributed by atoms with Gasteiger partial charge in [0.1, 0.15) is 18.2 Å². The van der Waals surface area contributed by atoms with Crippen LogP contribution in [0.4, 0.5) is 19.3 Å². The largest absolute Gasteiger partial charge is 0.385 e. The summed E-state index contributed by atoms with van der Waals surface area (Å²) in [6.45, 7) is 1.00. The van der Waals surface area contributed by atoms with Crippen LogP contribution in [0.1, 0.15) is 25.0 Å². The van der Waals surface area contributed by atoms with Crippen molar-refractivity contribution >= 4 is 17.6 Å². The third-order valence-corrected chi connectivity index (χ3v) is 5.25. The van der Waals surface area contributed by atoms with E-state index in [1.165, 1.54) is 4.90 Å². The van der Waals surface area contributed by atoms with Crippen molar-refractivity contribution < 1.29 is 23.1 Å². The van der Waals surface area contributed by atoms with E-state index in [1.54, 1.807) is 12.0 Å². The van der Waals surface area contributed by atoms with Gasteiger partial charge in [0, 0.05) is 51.3 Å². The summed E-state index contributed by atoms with van der Waals surface area (Å²) in [5.41, 5.74) is 0.863. The topological polar surface area (TPSA) is 66.8 Å². The molecule has 9 heteroatoms. The van der Waals surface area contributed by atoms with Crippen molar-refractivity contribution in [2.75, 3.05) is 32.1 Å². The summed E-state index contributed by atoms with van der Waals surface area (Å²) in [6.07, 6.45) is 4.32. The Morgan fingerprint density at radius 1 is 1.26 bits per heavy atom. The number of benzene rings is 1. The van der Waals surface area contributed by atoms with Gasteiger partial charge in [0.25, 0.3) is 0 Å². The Labute approximate surface area is 180 Å². The summed E-state index contributed by atoms with van der Waals surface area (Å²) in [7, 11) is 3.48. The van der Waals surface area contributed by atoms with Crippen LogP contribution >= 0.6 is 0 Å². The molecule has 1 heterocycles. The molecule has 0 saturated heterocycles. The van der Waals surface area contributed by atoms with Crippen LogP contribution < -0.4 is 5.32 Å². The first-order valence-electron chi connectivity index (χ1n) is 10.3. The van der Waals surface area contributed by atoms with Crippen LogP contribution in [0.2, 0.25) is 0 Å². The monoisotopic (exact) mass is 434 g/mol. The Bertz CT molecular complexity index is 914. The van der Waals surface area contributed by atoms with Crippen molar-refractivity contribution in [3.63, 3.8) is 0 Å². The minimum atomic E-state index is -0.875. The minimum Gasteiger partial charge on any atom is -0.385 e. The molecule has 0 spiro atoms. The van der Waals surface area contributed by atoms with Crippen LogP contribution in [0.25, 0.3) is 0 Å². The van der Waals surface area contributed by atoms with E-state index in [-0.39, 0.29) is 30.7 Å². The van der Waals surface area contributed by atoms with Crippen molar-refractivity contribution in [3.05, 3.63) is 53.9 Å². The van der Waals surface area contributed by atoms with Crippen LogP contribution in [0.15, 0.2) is 36.5 Å². The first kappa shape index (κ1) is 22.7. The SMILES string of the molecule is COCCCN(CC(=O)N(Cc1cccn1C)C1CC1)C(=O)Nc1ccc(F)cc1F. The number of anilines is 1. The van der Waals surface area contributed by atoms with E-state index >= 15 is 0 Å². The highest BCUT2D eigenvalue weighted by Gasteiger charge is 2.34. The van der Waals surface area contributed by atoms with Crippen molar-refractivity contribution in [2.24, 2.45) is 7.05 Å². The lowest BCUT2D eigenvalue weighted by molar-refractivity contribution is -0.133. The fourth-order valence-corrected chi connectivity index (χ4v) is 3.33. The van der Waals surface area contributed by atoms with E-state index in [1.807, 2.05) is 29.9 Å². The number of carbonyl (C=O) groups excluding carboxylic acids is 2. The van der Waals surface area contributed by atoms with E-state index in [0.29, 0.717) is 25.6 Å². The molecule has 0 bridgehead atoms. The lowest BCUT2D eigenvalue weighted by Gasteiger charge is -2.28. The predicted octanol–water partition coefficient (Wildman–Crippen LogP) is 3.36. The van der Waals surface area contributed by atoms with Gasteiger partial charge in [0.05, 0.1) is 12.2 Å². The molecule has 1 N–H and O–H groups in total. The van der Waals surface area contributed by atoms with Crippen LogP contribution in [-0.2, 0) is 23.1 Å². The highest BCUT2D eigenvalue weighted by atomic mass is 19.1. The van der Waals surface area contributed by atoms with Crippen LogP contribution in [-0.4, -0.2) is 59.2 Å². The number of hydrogen-bond donors (Lipinski definition) is 1. The number of urea groups is 1. The zero-order chi connectivity index (χ0) is 22.4. The Kier molecular flexibility index (Phi) is 7.62. The molecule has 1 fully saturated rings. The highest BCUT2D eigenvalue weighted by molar-refractivity contribution is 5.92. The highest BCUT2D eigenvalue weighted by Crippen LogP contribution is 2.28. The zero-order valence-electron chi connectivity index (χ0n) is 17.8. The molecule has 1 aliphatic rings. The van der Waals surface area contributed by atoms with Crippen molar-refractivity contribution in [3.8, 4) is 0 Å². The number of aryl methyl sites for hydroxylation is 1. The summed E-state index contributed by atoms with van der Waals surface area (Å²) >= 11 is 0. The molecule has 3 rings (SSSR count). The van der Waals surface area contributed by atoms with Crippen molar-refractivity contribution in [1.29, 1.82) is 0 Å². The number of carbonyl (C=O) groups is 2. The van der Waals surface area contributed by atoms with Gasteiger partial charge in [-0.25, -0.2) is 13.6 Å². The predicted molar refractivity (Wildman–Crippen MR) is 112 cm³/mol. The van der Waals surface area contributed by atoms with E-state index in [0.717, 1.165) is 30.7 Å². The quantitative estimate of drug-likeness (QED) is 0.583. The second kappa shape index (κ2) is 10.4. The second-order valence-corrected chi connectivity index (χ2v) is 7.69. The Morgan fingerprint density at radius 3 is 2.65 bits per heavy atom. The maximum Gasteiger partial charge on any atom is 0.322 e. The summed E-state index contributed by atoms with van der Waals surface area (Å²) in [4.78, 5) is 29.0. The number of nitrogens with one attached hydrogen (secondary N) is 1. The number of amides is 3. The normalized spacial score (nSPS) is 13.2. The molecule has 0 radical (unpaired) electrons. The van der Waals surface area contributed by atoms with Gasteiger partial charge >= 0.3 is 6.03 Å². The standard InChI is InChI=1S/C22H28F2N4O3/c1-26-10-3-5-18(26)14-28(17-7-8-17)21(29)15-27(11-4-12-31-2)22(30)25-20-9-6-16(23)13-19(20)24/h3,5-6,9-10,13,17H,4,7-8,11-12,14-15H2,1-2H3,(H,25,30). The molecule has 3 amide bonds. The zero-order valence-corrected chi connectivity index (χ0v) is 17.8. The Morgan fingerprint density at radius 2 is 2.03 bits per heavy atom. The number of halogens is 2. The van der Waals surface area contributed by atoms with Gasteiger partial charge in [-0.1, -0.05) is 0 Å². The molecule has 2 aromatic rings. The number of nitrogens with zero attached hydrogens (tertiary/aromatic N) is 3. The third kappa shape index (κ3) is 6.27. The maximum atomic E-state index is 14.0. The molecular formula is C22H28F2N4O3. The smallest absolute Gasteiger partial charge is 0.322 e. The summed E-state index contributed by atoms with van der Waals surface area (Å²) in [5, 5.41) is 2.44. The number of rotatable bonds is 10. The van der Waals surface area contributed by atoms with E-state index in [4.69, 9.17) is 4.74 Å². The van der Waals surface area contributed by atoms with Gasteiger partial charge < -0.3 is 24.4 Å². The number of ether oxygens (including phenoxy) is 1. The molecule has 0 atom stereocenters. The number of hydrogen-bond acceptors (Lipinski definition) is 3. The molecule has 1 saturated carbocycles. The van der Waals surface area contributed by atoms with Crippen LogP contribution in [0.5, 0.6) is 0 Å². The molecular weight excluding hydrogens is 406 g/mol. The van der Waals surface area contributed by atoms with Gasteiger partial charge in [-0.2, -0.15) is 0 Å². The Hall–Kier alpha value is -2.94. The molecule has 31 heavy (non-hydrogen) atoms. The van der Waals surface area contributed by atoms with Gasteiger partial charge in [0.2, 0.25) is 5.91 Å². The fraction of sp³-hybridized carbons (Fsp3) is 0.455. The summed E-state index contributed by atoms with van der Waals surface area (Å²) in [6, 6.07) is 6.35. The average molecular weight is 434 g/mol. The van der Waals surface area contributed by atoms with Gasteiger partial charge in [-0.05, 0) is 43.5 Å². The third-order valence-electron chi connectivity index (χ3n) is 5.25. The fourth-order valence-electron chi connectivity index (χ4n) is 3.33. The number of aromatic nitrogens is 1. The van der Waals surface area contributed by atoms with Gasteiger partial charge in [-0.15, -0.1) is 0 Å². The van der Waals surface area contributed by atoms with Crippen LogP contribution in [0.3, 0.4) is 0 Å². The molecule has 168 valence electrons.